The number of nitrogens with zero attached hydrogens (tertiary/aromatic N) is 3. The molecule has 6 heteroatoms. The van der Waals surface area contributed by atoms with E-state index in [4.69, 9.17) is 0 Å². The number of carbonyl (C=O) groups is 1. The number of benzene rings is 1. The molecule has 0 bridgehead atoms. The first-order chi connectivity index (χ1) is 11.6. The second kappa shape index (κ2) is 6.00. The normalized spacial score (nSPS) is 22.6. The SMILES string of the molecule is CC1CC1C(=O)Nc1ccc(F)c(-c2nnc3n2CCCCC3)c1. The summed E-state index contributed by atoms with van der Waals surface area (Å²) in [4.78, 5) is 12.1. The van der Waals surface area contributed by atoms with E-state index < -0.39 is 0 Å². The molecule has 24 heavy (non-hydrogen) atoms. The molecule has 2 aromatic rings. The van der Waals surface area contributed by atoms with Crippen LogP contribution >= 0.6 is 0 Å². The summed E-state index contributed by atoms with van der Waals surface area (Å²) >= 11 is 0. The van der Waals surface area contributed by atoms with Crippen molar-refractivity contribution in [3.8, 4) is 11.4 Å². The van der Waals surface area contributed by atoms with Crippen molar-refractivity contribution >= 4 is 11.6 Å². The zero-order chi connectivity index (χ0) is 16.7. The van der Waals surface area contributed by atoms with Crippen LogP contribution in [-0.2, 0) is 17.8 Å². The summed E-state index contributed by atoms with van der Waals surface area (Å²) in [7, 11) is 0. The number of aromatic nitrogens is 3. The Morgan fingerprint density at radius 1 is 1.29 bits per heavy atom. The summed E-state index contributed by atoms with van der Waals surface area (Å²) in [5, 5.41) is 11.3. The Hall–Kier alpha value is -2.24. The van der Waals surface area contributed by atoms with Gasteiger partial charge in [0.1, 0.15) is 11.6 Å². The summed E-state index contributed by atoms with van der Waals surface area (Å²) < 4.78 is 16.4. The molecule has 2 heterocycles. The first-order valence-corrected chi connectivity index (χ1v) is 8.66. The van der Waals surface area contributed by atoms with Gasteiger partial charge in [-0.25, -0.2) is 4.39 Å². The summed E-state index contributed by atoms with van der Waals surface area (Å²) in [6.07, 6.45) is 5.11. The third kappa shape index (κ3) is 2.81. The Labute approximate surface area is 140 Å². The largest absolute Gasteiger partial charge is 0.326 e. The molecular formula is C18H21FN4O. The standard InChI is InChI=1S/C18H21FN4O/c1-11-9-13(11)18(24)20-12-6-7-15(19)14(10-12)17-22-21-16-5-3-2-4-8-23(16)17/h6-7,10-11,13H,2-5,8-9H2,1H3,(H,20,24). The molecule has 4 rings (SSSR count). The van der Waals surface area contributed by atoms with Crippen LogP contribution in [0.4, 0.5) is 10.1 Å². The number of aryl methyl sites for hydroxylation is 1. The lowest BCUT2D eigenvalue weighted by Gasteiger charge is -2.10. The number of hydrogen-bond acceptors (Lipinski definition) is 3. The van der Waals surface area contributed by atoms with Crippen LogP contribution < -0.4 is 5.32 Å². The van der Waals surface area contributed by atoms with Crippen LogP contribution in [0, 0.1) is 17.7 Å². The van der Waals surface area contributed by atoms with Gasteiger partial charge in [0.25, 0.3) is 0 Å². The van der Waals surface area contributed by atoms with Crippen molar-refractivity contribution in [2.45, 2.75) is 45.6 Å². The van der Waals surface area contributed by atoms with Gasteiger partial charge in [-0.15, -0.1) is 10.2 Å². The molecular weight excluding hydrogens is 307 g/mol. The zero-order valence-electron chi connectivity index (χ0n) is 13.8. The summed E-state index contributed by atoms with van der Waals surface area (Å²) in [6.45, 7) is 2.87. The second-order valence-electron chi connectivity index (χ2n) is 6.91. The smallest absolute Gasteiger partial charge is 0.227 e. The van der Waals surface area contributed by atoms with E-state index >= 15 is 0 Å². The molecule has 0 saturated heterocycles. The number of halogens is 1. The summed E-state index contributed by atoms with van der Waals surface area (Å²) in [5.74, 6) is 1.68. The fourth-order valence-electron chi connectivity index (χ4n) is 3.38. The Kier molecular flexibility index (Phi) is 3.82. The van der Waals surface area contributed by atoms with E-state index in [1.165, 1.54) is 6.07 Å². The zero-order valence-corrected chi connectivity index (χ0v) is 13.8. The number of amides is 1. The molecule has 1 aromatic carbocycles. The van der Waals surface area contributed by atoms with Crippen molar-refractivity contribution in [3.63, 3.8) is 0 Å². The first-order valence-electron chi connectivity index (χ1n) is 8.66. The summed E-state index contributed by atoms with van der Waals surface area (Å²) in [6, 6.07) is 4.66. The third-order valence-electron chi connectivity index (χ3n) is 5.03. The lowest BCUT2D eigenvalue weighted by Crippen LogP contribution is -2.14. The average molecular weight is 328 g/mol. The quantitative estimate of drug-likeness (QED) is 0.939. The van der Waals surface area contributed by atoms with Crippen LogP contribution in [0.2, 0.25) is 0 Å². The molecule has 1 aliphatic carbocycles. The van der Waals surface area contributed by atoms with Crippen molar-refractivity contribution in [1.29, 1.82) is 0 Å². The minimum Gasteiger partial charge on any atom is -0.326 e. The fraction of sp³-hybridized carbons (Fsp3) is 0.500. The topological polar surface area (TPSA) is 59.8 Å². The summed E-state index contributed by atoms with van der Waals surface area (Å²) in [5.41, 5.74) is 1.01. The molecule has 2 atom stereocenters. The van der Waals surface area contributed by atoms with Gasteiger partial charge in [0.2, 0.25) is 5.91 Å². The minimum atomic E-state index is -0.341. The van der Waals surface area contributed by atoms with Crippen LogP contribution in [0.5, 0.6) is 0 Å². The number of nitrogens with one attached hydrogen (secondary N) is 1. The van der Waals surface area contributed by atoms with Gasteiger partial charge in [0.05, 0.1) is 5.56 Å². The lowest BCUT2D eigenvalue weighted by atomic mass is 10.1. The van der Waals surface area contributed by atoms with Crippen molar-refractivity contribution in [1.82, 2.24) is 14.8 Å². The van der Waals surface area contributed by atoms with E-state index in [1.54, 1.807) is 12.1 Å². The number of rotatable bonds is 3. The van der Waals surface area contributed by atoms with E-state index in [1.807, 2.05) is 4.57 Å². The maximum Gasteiger partial charge on any atom is 0.227 e. The van der Waals surface area contributed by atoms with Crippen molar-refractivity contribution in [3.05, 3.63) is 29.8 Å². The molecule has 2 unspecified atom stereocenters. The molecule has 1 fully saturated rings. The average Bonchev–Trinajstić information content (AvgIpc) is 3.25. The van der Waals surface area contributed by atoms with Gasteiger partial charge < -0.3 is 9.88 Å². The molecule has 5 nitrogen and oxygen atoms in total. The predicted molar refractivity (Wildman–Crippen MR) is 88.9 cm³/mol. The van der Waals surface area contributed by atoms with Gasteiger partial charge in [-0.2, -0.15) is 0 Å². The Morgan fingerprint density at radius 2 is 2.12 bits per heavy atom. The van der Waals surface area contributed by atoms with Gasteiger partial charge in [0.15, 0.2) is 5.82 Å². The highest BCUT2D eigenvalue weighted by molar-refractivity contribution is 5.94. The third-order valence-corrected chi connectivity index (χ3v) is 5.03. The van der Waals surface area contributed by atoms with E-state index in [-0.39, 0.29) is 17.6 Å². The van der Waals surface area contributed by atoms with Crippen molar-refractivity contribution < 1.29 is 9.18 Å². The van der Waals surface area contributed by atoms with Crippen LogP contribution in [0.3, 0.4) is 0 Å². The first kappa shape index (κ1) is 15.3. The lowest BCUT2D eigenvalue weighted by molar-refractivity contribution is -0.117. The van der Waals surface area contributed by atoms with Crippen molar-refractivity contribution in [2.24, 2.45) is 11.8 Å². The number of carbonyl (C=O) groups excluding carboxylic acids is 1. The molecule has 126 valence electrons. The van der Waals surface area contributed by atoms with E-state index in [2.05, 4.69) is 22.4 Å². The van der Waals surface area contributed by atoms with Crippen LogP contribution in [-0.4, -0.2) is 20.7 Å². The Morgan fingerprint density at radius 3 is 2.92 bits per heavy atom. The molecule has 1 N–H and O–H groups in total. The number of fused-ring (bicyclic) bond motifs is 1. The molecule has 2 aliphatic rings. The van der Waals surface area contributed by atoms with Gasteiger partial charge in [-0.3, -0.25) is 4.79 Å². The number of anilines is 1. The van der Waals surface area contributed by atoms with Gasteiger partial charge >= 0.3 is 0 Å². The Balaban J connectivity index is 1.64. The van der Waals surface area contributed by atoms with Gasteiger partial charge in [0, 0.05) is 24.6 Å². The maximum atomic E-state index is 14.4. The highest BCUT2D eigenvalue weighted by Crippen LogP contribution is 2.38. The molecule has 0 radical (unpaired) electrons. The minimum absolute atomic E-state index is 0.0140. The molecule has 0 spiro atoms. The van der Waals surface area contributed by atoms with E-state index in [0.717, 1.165) is 44.5 Å². The second-order valence-corrected chi connectivity index (χ2v) is 6.91. The van der Waals surface area contributed by atoms with Crippen LogP contribution in [0.25, 0.3) is 11.4 Å². The van der Waals surface area contributed by atoms with Gasteiger partial charge in [-0.1, -0.05) is 13.3 Å². The molecule has 1 amide bonds. The monoisotopic (exact) mass is 328 g/mol. The molecule has 1 saturated carbocycles. The number of hydrogen-bond donors (Lipinski definition) is 1. The molecule has 1 aromatic heterocycles. The van der Waals surface area contributed by atoms with E-state index in [9.17, 15) is 9.18 Å². The maximum absolute atomic E-state index is 14.4. The van der Waals surface area contributed by atoms with E-state index in [0.29, 0.717) is 23.0 Å². The van der Waals surface area contributed by atoms with Crippen molar-refractivity contribution in [2.75, 3.05) is 5.32 Å². The van der Waals surface area contributed by atoms with Crippen LogP contribution in [0.15, 0.2) is 18.2 Å². The van der Waals surface area contributed by atoms with Gasteiger partial charge in [-0.05, 0) is 43.4 Å². The highest BCUT2D eigenvalue weighted by atomic mass is 19.1. The van der Waals surface area contributed by atoms with Crippen LogP contribution in [0.1, 0.15) is 38.4 Å². The molecule has 1 aliphatic heterocycles. The highest BCUT2D eigenvalue weighted by Gasteiger charge is 2.39. The Bertz CT molecular complexity index is 785. The fourth-order valence-corrected chi connectivity index (χ4v) is 3.38. The predicted octanol–water partition coefficient (Wildman–Crippen LogP) is 3.41.